The molecular weight excluding hydrogens is 280 g/mol. The van der Waals surface area contributed by atoms with Gasteiger partial charge < -0.3 is 5.11 Å². The predicted octanol–water partition coefficient (Wildman–Crippen LogP) is 6.08. The highest BCUT2D eigenvalue weighted by atomic mass is 16.3. The zero-order valence-corrected chi connectivity index (χ0v) is 14.4. The van der Waals surface area contributed by atoms with Crippen LogP contribution in [-0.2, 0) is 19.3 Å². The number of benzene rings is 2. The van der Waals surface area contributed by atoms with Crippen molar-refractivity contribution in [2.75, 3.05) is 0 Å². The number of phenols is 1. The number of phenolic OH excluding ortho intramolecular Hbond substituents is 1. The maximum absolute atomic E-state index is 9.50. The quantitative estimate of drug-likeness (QED) is 0.527. The molecule has 0 fully saturated rings. The third kappa shape index (κ3) is 6.90. The van der Waals surface area contributed by atoms with Gasteiger partial charge in [0.1, 0.15) is 5.75 Å². The minimum Gasteiger partial charge on any atom is -0.508 e. The first-order valence-corrected chi connectivity index (χ1v) is 9.13. The van der Waals surface area contributed by atoms with Gasteiger partial charge in [0.2, 0.25) is 0 Å². The average molecular weight is 310 g/mol. The molecule has 0 spiro atoms. The van der Waals surface area contributed by atoms with E-state index in [1.807, 2.05) is 12.1 Å². The van der Waals surface area contributed by atoms with E-state index >= 15 is 0 Å². The summed E-state index contributed by atoms with van der Waals surface area (Å²) in [6.07, 6.45) is 11.4. The van der Waals surface area contributed by atoms with E-state index in [0.717, 1.165) is 12.8 Å². The molecule has 0 aliphatic carbocycles. The lowest BCUT2D eigenvalue weighted by molar-refractivity contribution is 0.474. The van der Waals surface area contributed by atoms with Crippen LogP contribution in [0.2, 0.25) is 0 Å². The highest BCUT2D eigenvalue weighted by molar-refractivity contribution is 5.29. The number of hydrogen-bond donors (Lipinski definition) is 1. The summed E-state index contributed by atoms with van der Waals surface area (Å²) in [4.78, 5) is 0. The van der Waals surface area contributed by atoms with Gasteiger partial charge in [0.05, 0.1) is 0 Å². The molecule has 0 atom stereocenters. The lowest BCUT2D eigenvalue weighted by Crippen LogP contribution is -1.92. The molecule has 2 aromatic carbocycles. The van der Waals surface area contributed by atoms with Crippen LogP contribution in [0.15, 0.2) is 48.5 Å². The molecule has 1 heteroatoms. The minimum absolute atomic E-state index is 0.358. The minimum atomic E-state index is 0.358. The summed E-state index contributed by atoms with van der Waals surface area (Å²) in [5, 5.41) is 9.50. The van der Waals surface area contributed by atoms with Crippen molar-refractivity contribution in [3.63, 3.8) is 0 Å². The van der Waals surface area contributed by atoms with Gasteiger partial charge in [-0.15, -0.1) is 0 Å². The van der Waals surface area contributed by atoms with Gasteiger partial charge in [-0.25, -0.2) is 0 Å². The van der Waals surface area contributed by atoms with Crippen molar-refractivity contribution < 1.29 is 5.11 Å². The molecule has 0 unspecified atom stereocenters. The van der Waals surface area contributed by atoms with E-state index in [9.17, 15) is 5.11 Å². The van der Waals surface area contributed by atoms with Crippen LogP contribution in [0, 0.1) is 0 Å². The highest BCUT2D eigenvalue weighted by Gasteiger charge is 1.99. The van der Waals surface area contributed by atoms with Crippen LogP contribution in [0.5, 0.6) is 5.75 Å². The second kappa shape index (κ2) is 10.1. The molecule has 2 rings (SSSR count). The van der Waals surface area contributed by atoms with Crippen LogP contribution in [0.25, 0.3) is 0 Å². The van der Waals surface area contributed by atoms with Crippen LogP contribution in [0.3, 0.4) is 0 Å². The van der Waals surface area contributed by atoms with Crippen LogP contribution >= 0.6 is 0 Å². The van der Waals surface area contributed by atoms with Crippen LogP contribution < -0.4 is 0 Å². The molecule has 0 aliphatic rings. The summed E-state index contributed by atoms with van der Waals surface area (Å²) in [6.45, 7) is 2.27. The zero-order valence-electron chi connectivity index (χ0n) is 14.4. The van der Waals surface area contributed by atoms with Crippen molar-refractivity contribution in [3.8, 4) is 5.75 Å². The van der Waals surface area contributed by atoms with E-state index < -0.39 is 0 Å². The predicted molar refractivity (Wildman–Crippen MR) is 99.0 cm³/mol. The summed E-state index contributed by atoms with van der Waals surface area (Å²) in [5.41, 5.74) is 4.03. The lowest BCUT2D eigenvalue weighted by Gasteiger charge is -2.06. The SMILES string of the molecule is CCCCCCCCc1ccc(CCc2cccc(O)c2)cc1. The number of unbranched alkanes of at least 4 members (excludes halogenated alkanes) is 5. The van der Waals surface area contributed by atoms with Gasteiger partial charge in [-0.2, -0.15) is 0 Å². The molecule has 2 aromatic rings. The molecule has 0 aromatic heterocycles. The molecule has 124 valence electrons. The van der Waals surface area contributed by atoms with E-state index in [2.05, 4.69) is 37.3 Å². The van der Waals surface area contributed by atoms with Gasteiger partial charge in [-0.1, -0.05) is 75.4 Å². The molecule has 23 heavy (non-hydrogen) atoms. The molecule has 1 nitrogen and oxygen atoms in total. The summed E-state index contributed by atoms with van der Waals surface area (Å²) < 4.78 is 0. The molecule has 0 radical (unpaired) electrons. The average Bonchev–Trinajstić information content (AvgIpc) is 2.57. The lowest BCUT2D eigenvalue weighted by atomic mass is 10.0. The molecular formula is C22H30O. The first-order valence-electron chi connectivity index (χ1n) is 9.13. The fourth-order valence-corrected chi connectivity index (χ4v) is 2.98. The van der Waals surface area contributed by atoms with E-state index in [1.54, 1.807) is 6.07 Å². The van der Waals surface area contributed by atoms with E-state index in [0.29, 0.717) is 5.75 Å². The zero-order chi connectivity index (χ0) is 16.3. The van der Waals surface area contributed by atoms with Gasteiger partial charge in [0.25, 0.3) is 0 Å². The Labute approximate surface area is 141 Å². The number of hydrogen-bond acceptors (Lipinski definition) is 1. The van der Waals surface area contributed by atoms with Gasteiger partial charge >= 0.3 is 0 Å². The Bertz CT molecular complexity index is 556. The monoisotopic (exact) mass is 310 g/mol. The number of aromatic hydroxyl groups is 1. The summed E-state index contributed by atoms with van der Waals surface area (Å²) in [6, 6.07) is 16.6. The molecule has 0 saturated carbocycles. The molecule has 0 amide bonds. The first-order chi connectivity index (χ1) is 11.3. The Kier molecular flexibility index (Phi) is 7.72. The van der Waals surface area contributed by atoms with E-state index in [4.69, 9.17) is 0 Å². The van der Waals surface area contributed by atoms with Crippen molar-refractivity contribution in [3.05, 3.63) is 65.2 Å². The molecule has 0 heterocycles. The van der Waals surface area contributed by atoms with Gasteiger partial charge in [0, 0.05) is 0 Å². The molecule has 0 saturated heterocycles. The topological polar surface area (TPSA) is 20.2 Å². The second-order valence-corrected chi connectivity index (χ2v) is 6.50. The Hall–Kier alpha value is -1.76. The van der Waals surface area contributed by atoms with Gasteiger partial charge in [0.15, 0.2) is 0 Å². The van der Waals surface area contributed by atoms with Gasteiger partial charge in [-0.3, -0.25) is 0 Å². The largest absolute Gasteiger partial charge is 0.508 e. The molecule has 0 aliphatic heterocycles. The van der Waals surface area contributed by atoms with Crippen LogP contribution in [0.1, 0.15) is 62.1 Å². The van der Waals surface area contributed by atoms with Crippen LogP contribution in [0.4, 0.5) is 0 Å². The maximum atomic E-state index is 9.50. The third-order valence-electron chi connectivity index (χ3n) is 4.45. The fraction of sp³-hybridized carbons (Fsp3) is 0.455. The van der Waals surface area contributed by atoms with Crippen molar-refractivity contribution in [1.29, 1.82) is 0 Å². The number of rotatable bonds is 10. The van der Waals surface area contributed by atoms with Crippen molar-refractivity contribution >= 4 is 0 Å². The third-order valence-corrected chi connectivity index (χ3v) is 4.45. The van der Waals surface area contributed by atoms with E-state index in [-0.39, 0.29) is 0 Å². The maximum Gasteiger partial charge on any atom is 0.115 e. The molecule has 0 bridgehead atoms. The molecule has 1 N–H and O–H groups in total. The Balaban J connectivity index is 1.70. The van der Waals surface area contributed by atoms with Crippen molar-refractivity contribution in [1.82, 2.24) is 0 Å². The Morgan fingerprint density at radius 3 is 1.96 bits per heavy atom. The normalized spacial score (nSPS) is 10.8. The Morgan fingerprint density at radius 1 is 0.652 bits per heavy atom. The van der Waals surface area contributed by atoms with E-state index in [1.165, 1.54) is 61.6 Å². The fourth-order valence-electron chi connectivity index (χ4n) is 2.98. The van der Waals surface area contributed by atoms with Crippen molar-refractivity contribution in [2.45, 2.75) is 64.7 Å². The summed E-state index contributed by atoms with van der Waals surface area (Å²) >= 11 is 0. The highest BCUT2D eigenvalue weighted by Crippen LogP contribution is 2.15. The number of aryl methyl sites for hydroxylation is 3. The second-order valence-electron chi connectivity index (χ2n) is 6.50. The summed E-state index contributed by atoms with van der Waals surface area (Å²) in [5.74, 6) is 0.358. The van der Waals surface area contributed by atoms with Crippen LogP contribution in [-0.4, -0.2) is 5.11 Å². The van der Waals surface area contributed by atoms with Gasteiger partial charge in [-0.05, 0) is 54.5 Å². The smallest absolute Gasteiger partial charge is 0.115 e. The summed E-state index contributed by atoms with van der Waals surface area (Å²) in [7, 11) is 0. The Morgan fingerprint density at radius 2 is 1.26 bits per heavy atom. The van der Waals surface area contributed by atoms with Crippen molar-refractivity contribution in [2.24, 2.45) is 0 Å². The first kappa shape index (κ1) is 17.6. The standard InChI is InChI=1S/C22H30O/c1-2-3-4-5-6-7-9-19-12-14-20(15-13-19)16-17-21-10-8-11-22(23)18-21/h8,10-15,18,23H,2-7,9,16-17H2,1H3.